The molecular weight excluding hydrogens is 388 g/mol. The minimum Gasteiger partial charge on any atom is -0.315 e. The summed E-state index contributed by atoms with van der Waals surface area (Å²) in [5.41, 5.74) is 3.17. The predicted octanol–water partition coefficient (Wildman–Crippen LogP) is 4.82. The molecule has 0 aliphatic rings. The van der Waals surface area contributed by atoms with E-state index in [4.69, 9.17) is 11.6 Å². The molecule has 0 fully saturated rings. The van der Waals surface area contributed by atoms with Crippen molar-refractivity contribution in [3.05, 3.63) is 68.7 Å². The second-order valence-corrected chi connectivity index (χ2v) is 7.59. The lowest BCUT2D eigenvalue weighted by molar-refractivity contribution is 0.193. The number of halogens is 1. The highest BCUT2D eigenvalue weighted by Gasteiger charge is 2.25. The van der Waals surface area contributed by atoms with Gasteiger partial charge in [-0.15, -0.1) is 0 Å². The van der Waals surface area contributed by atoms with Crippen LogP contribution in [0, 0.1) is 13.8 Å². The van der Waals surface area contributed by atoms with Crippen LogP contribution in [0.4, 0.5) is 10.5 Å². The van der Waals surface area contributed by atoms with Crippen LogP contribution < -0.4 is 10.9 Å². The zero-order valence-corrected chi connectivity index (χ0v) is 18.0. The summed E-state index contributed by atoms with van der Waals surface area (Å²) >= 11 is 6.03. The van der Waals surface area contributed by atoms with Crippen molar-refractivity contribution in [1.29, 1.82) is 0 Å². The summed E-state index contributed by atoms with van der Waals surface area (Å²) < 4.78 is 1.48. The van der Waals surface area contributed by atoms with Gasteiger partial charge in [-0.05, 0) is 57.0 Å². The highest BCUT2D eigenvalue weighted by molar-refractivity contribution is 6.31. The monoisotopic (exact) mass is 412 g/mol. The molecule has 0 saturated heterocycles. The molecule has 0 aliphatic carbocycles. The van der Waals surface area contributed by atoms with Gasteiger partial charge in [-0.1, -0.05) is 29.8 Å². The third-order valence-electron chi connectivity index (χ3n) is 5.23. The molecule has 0 saturated carbocycles. The van der Waals surface area contributed by atoms with E-state index in [0.29, 0.717) is 28.3 Å². The number of fused-ring (bicyclic) bond motifs is 1. The number of benzene rings is 2. The smallest absolute Gasteiger partial charge is 0.315 e. The molecule has 1 heterocycles. The number of carbonyl (C=O) groups excluding carboxylic acids is 1. The van der Waals surface area contributed by atoms with Crippen LogP contribution in [-0.2, 0) is 7.05 Å². The van der Waals surface area contributed by atoms with Gasteiger partial charge in [0.1, 0.15) is 5.82 Å². The first-order chi connectivity index (χ1) is 13.7. The van der Waals surface area contributed by atoms with E-state index >= 15 is 0 Å². The number of amides is 2. The van der Waals surface area contributed by atoms with Crippen molar-refractivity contribution in [2.45, 2.75) is 33.7 Å². The number of aromatic nitrogens is 2. The van der Waals surface area contributed by atoms with E-state index < -0.39 is 6.04 Å². The molecule has 1 atom stereocenters. The maximum Gasteiger partial charge on any atom is 0.322 e. The Bertz CT molecular complexity index is 1120. The first-order valence-electron chi connectivity index (χ1n) is 9.54. The third kappa shape index (κ3) is 3.98. The summed E-state index contributed by atoms with van der Waals surface area (Å²) in [5, 5.41) is 3.96. The first kappa shape index (κ1) is 20.9. The van der Waals surface area contributed by atoms with E-state index in [-0.39, 0.29) is 11.6 Å². The molecule has 2 amide bonds. The average molecular weight is 413 g/mol. The van der Waals surface area contributed by atoms with Crippen molar-refractivity contribution >= 4 is 34.2 Å². The number of para-hydroxylation sites is 1. The fourth-order valence-corrected chi connectivity index (χ4v) is 3.73. The lowest BCUT2D eigenvalue weighted by Gasteiger charge is -2.29. The van der Waals surface area contributed by atoms with Crippen LogP contribution in [0.3, 0.4) is 0 Å². The molecule has 7 heteroatoms. The predicted molar refractivity (Wildman–Crippen MR) is 118 cm³/mol. The number of carbonyl (C=O) groups is 1. The van der Waals surface area contributed by atoms with Gasteiger partial charge in [-0.3, -0.25) is 9.36 Å². The Labute approximate surface area is 175 Å². The Morgan fingerprint density at radius 3 is 2.52 bits per heavy atom. The lowest BCUT2D eigenvalue weighted by Crippen LogP contribution is -2.39. The minimum absolute atomic E-state index is 0.189. The van der Waals surface area contributed by atoms with Crippen molar-refractivity contribution in [2.24, 2.45) is 7.05 Å². The summed E-state index contributed by atoms with van der Waals surface area (Å²) in [5.74, 6) is 0.517. The van der Waals surface area contributed by atoms with Crippen LogP contribution >= 0.6 is 11.6 Å². The Kier molecular flexibility index (Phi) is 5.94. The molecule has 2 aromatic carbocycles. The van der Waals surface area contributed by atoms with Gasteiger partial charge in [0, 0.05) is 24.3 Å². The molecule has 29 heavy (non-hydrogen) atoms. The van der Waals surface area contributed by atoms with Crippen molar-refractivity contribution in [2.75, 3.05) is 11.9 Å². The van der Waals surface area contributed by atoms with Crippen LogP contribution in [0.1, 0.15) is 36.8 Å². The quantitative estimate of drug-likeness (QED) is 0.668. The Hall–Kier alpha value is -2.86. The molecule has 3 rings (SSSR count). The van der Waals surface area contributed by atoms with E-state index in [0.717, 1.165) is 16.8 Å². The van der Waals surface area contributed by atoms with E-state index in [1.54, 1.807) is 30.1 Å². The summed E-state index contributed by atoms with van der Waals surface area (Å²) in [4.78, 5) is 32.2. The van der Waals surface area contributed by atoms with E-state index in [9.17, 15) is 9.59 Å². The molecule has 3 aromatic rings. The van der Waals surface area contributed by atoms with Gasteiger partial charge < -0.3 is 10.2 Å². The van der Waals surface area contributed by atoms with Gasteiger partial charge in [0.25, 0.3) is 5.56 Å². The molecule has 152 valence electrons. The van der Waals surface area contributed by atoms with Crippen LogP contribution in [0.25, 0.3) is 10.9 Å². The fraction of sp³-hybridized carbons (Fsp3) is 0.318. The molecule has 6 nitrogen and oxygen atoms in total. The fourth-order valence-electron chi connectivity index (χ4n) is 3.56. The zero-order valence-electron chi connectivity index (χ0n) is 17.3. The second-order valence-electron chi connectivity index (χ2n) is 7.15. The van der Waals surface area contributed by atoms with Crippen molar-refractivity contribution in [3.63, 3.8) is 0 Å². The summed E-state index contributed by atoms with van der Waals surface area (Å²) in [6.07, 6.45) is 0. The normalized spacial score (nSPS) is 12.1. The number of rotatable bonds is 4. The van der Waals surface area contributed by atoms with Gasteiger partial charge in [0.2, 0.25) is 0 Å². The average Bonchev–Trinajstić information content (AvgIpc) is 2.68. The molecule has 1 N–H and O–H groups in total. The Morgan fingerprint density at radius 1 is 1.24 bits per heavy atom. The van der Waals surface area contributed by atoms with Crippen LogP contribution in [-0.4, -0.2) is 27.0 Å². The van der Waals surface area contributed by atoms with E-state index in [2.05, 4.69) is 10.3 Å². The molecule has 0 aliphatic heterocycles. The highest BCUT2D eigenvalue weighted by atomic mass is 35.5. The topological polar surface area (TPSA) is 67.2 Å². The molecule has 1 aromatic heterocycles. The first-order valence-corrected chi connectivity index (χ1v) is 9.92. The number of anilines is 1. The summed E-state index contributed by atoms with van der Waals surface area (Å²) in [7, 11) is 1.67. The van der Waals surface area contributed by atoms with Crippen molar-refractivity contribution in [1.82, 2.24) is 14.5 Å². The van der Waals surface area contributed by atoms with Crippen LogP contribution in [0.5, 0.6) is 0 Å². The maximum atomic E-state index is 13.0. The lowest BCUT2D eigenvalue weighted by atomic mass is 10.1. The van der Waals surface area contributed by atoms with Gasteiger partial charge in [0.05, 0.1) is 16.9 Å². The number of hydrogen-bond donors (Lipinski definition) is 1. The molecule has 0 bridgehead atoms. The van der Waals surface area contributed by atoms with Crippen molar-refractivity contribution < 1.29 is 4.79 Å². The highest BCUT2D eigenvalue weighted by Crippen LogP contribution is 2.24. The standard InChI is InChI=1S/C22H25ClN4O2/c1-6-27(22(29)25-19-13(2)8-7-9-14(19)3)15(4)20-24-18-11-10-16(23)12-17(18)21(28)26(20)5/h7-12,15H,6H2,1-5H3,(H,25,29). The largest absolute Gasteiger partial charge is 0.322 e. The minimum atomic E-state index is -0.401. The number of nitrogens with one attached hydrogen (secondary N) is 1. The molecule has 1 unspecified atom stereocenters. The zero-order chi connectivity index (χ0) is 21.3. The van der Waals surface area contributed by atoms with Crippen LogP contribution in [0.2, 0.25) is 5.02 Å². The van der Waals surface area contributed by atoms with Crippen molar-refractivity contribution in [3.8, 4) is 0 Å². The maximum absolute atomic E-state index is 13.0. The Balaban J connectivity index is 1.98. The van der Waals surface area contributed by atoms with Gasteiger partial charge in [-0.2, -0.15) is 0 Å². The molecule has 0 spiro atoms. The molecular formula is C22H25ClN4O2. The number of aryl methyl sites for hydroxylation is 2. The van der Waals surface area contributed by atoms with Gasteiger partial charge in [-0.25, -0.2) is 9.78 Å². The third-order valence-corrected chi connectivity index (χ3v) is 5.46. The molecule has 0 radical (unpaired) electrons. The number of hydrogen-bond acceptors (Lipinski definition) is 3. The summed E-state index contributed by atoms with van der Waals surface area (Å²) in [6, 6.07) is 10.3. The Morgan fingerprint density at radius 2 is 1.90 bits per heavy atom. The number of urea groups is 1. The van der Waals surface area contributed by atoms with Gasteiger partial charge in [0.15, 0.2) is 0 Å². The summed E-state index contributed by atoms with van der Waals surface area (Å²) in [6.45, 7) is 8.16. The number of nitrogens with zero attached hydrogens (tertiary/aromatic N) is 3. The van der Waals surface area contributed by atoms with E-state index in [1.807, 2.05) is 45.9 Å². The van der Waals surface area contributed by atoms with E-state index in [1.165, 1.54) is 4.57 Å². The van der Waals surface area contributed by atoms with Gasteiger partial charge >= 0.3 is 6.03 Å². The van der Waals surface area contributed by atoms with Crippen LogP contribution in [0.15, 0.2) is 41.2 Å². The SMILES string of the molecule is CCN(C(=O)Nc1c(C)cccc1C)C(C)c1nc2ccc(Cl)cc2c(=O)n1C. The second kappa shape index (κ2) is 8.25.